The van der Waals surface area contributed by atoms with Crippen LogP contribution < -0.4 is 0 Å². The number of carbonyl (C=O) groups is 1. The molecule has 0 atom stereocenters. The van der Waals surface area contributed by atoms with Crippen molar-refractivity contribution >= 4 is 12.0 Å². The van der Waals surface area contributed by atoms with Crippen LogP contribution in [0, 0.1) is 0 Å². The molecule has 0 bridgehead atoms. The molecule has 21 heavy (non-hydrogen) atoms. The number of ether oxygens (including phenoxy) is 1. The van der Waals surface area contributed by atoms with Gasteiger partial charge in [-0.15, -0.1) is 6.58 Å². The predicted octanol–water partition coefficient (Wildman–Crippen LogP) is 3.35. The summed E-state index contributed by atoms with van der Waals surface area (Å²) in [6, 6.07) is 3.46. The molecule has 1 N–H and O–H groups in total. The van der Waals surface area contributed by atoms with E-state index in [2.05, 4.69) is 13.2 Å². The fourth-order valence-electron chi connectivity index (χ4n) is 2.31. The molecule has 0 saturated carbocycles. The largest absolute Gasteiger partial charge is 0.508 e. The van der Waals surface area contributed by atoms with Crippen LogP contribution in [0.3, 0.4) is 0 Å². The highest BCUT2D eigenvalue weighted by atomic mass is 16.5. The Morgan fingerprint density at radius 2 is 2.14 bits per heavy atom. The lowest BCUT2D eigenvalue weighted by molar-refractivity contribution is -0.137. The Balaban J connectivity index is 2.41. The van der Waals surface area contributed by atoms with Crippen molar-refractivity contribution in [1.29, 1.82) is 0 Å². The average molecular weight is 282 g/mol. The number of rotatable bonds is 5. The van der Waals surface area contributed by atoms with Crippen LogP contribution in [-0.4, -0.2) is 17.7 Å². The average Bonchev–Trinajstić information content (AvgIpc) is 2.70. The molecule has 0 spiro atoms. The predicted molar refractivity (Wildman–Crippen MR) is 84.0 cm³/mol. The minimum atomic E-state index is -0.377. The molecule has 1 aliphatic carbocycles. The SMILES string of the molecule is C=CCOC(=O)C1=Cc2ccc(O)c(CC=C)c2CC=C1. The van der Waals surface area contributed by atoms with E-state index < -0.39 is 0 Å². The molecule has 0 radical (unpaired) electrons. The smallest absolute Gasteiger partial charge is 0.338 e. The monoisotopic (exact) mass is 282 g/mol. The molecule has 0 saturated heterocycles. The Morgan fingerprint density at radius 3 is 2.86 bits per heavy atom. The second kappa shape index (κ2) is 6.75. The fraction of sp³-hybridized carbons (Fsp3) is 0.167. The van der Waals surface area contributed by atoms with Crippen LogP contribution in [0.2, 0.25) is 0 Å². The van der Waals surface area contributed by atoms with Gasteiger partial charge >= 0.3 is 5.97 Å². The van der Waals surface area contributed by atoms with E-state index in [0.717, 1.165) is 16.7 Å². The summed E-state index contributed by atoms with van der Waals surface area (Å²) in [5.41, 5.74) is 3.27. The number of allylic oxidation sites excluding steroid dienone is 2. The number of carbonyl (C=O) groups excluding carboxylic acids is 1. The summed E-state index contributed by atoms with van der Waals surface area (Å²) in [6.45, 7) is 7.43. The van der Waals surface area contributed by atoms with E-state index in [1.807, 2.05) is 12.1 Å². The summed E-state index contributed by atoms with van der Waals surface area (Å²) in [4.78, 5) is 11.9. The van der Waals surface area contributed by atoms with Crippen LogP contribution in [0.5, 0.6) is 5.75 Å². The number of phenolic OH excluding ortho intramolecular Hbond substituents is 1. The molecule has 1 aliphatic rings. The van der Waals surface area contributed by atoms with Gasteiger partial charge in [0.1, 0.15) is 12.4 Å². The van der Waals surface area contributed by atoms with Crippen molar-refractivity contribution in [2.24, 2.45) is 0 Å². The summed E-state index contributed by atoms with van der Waals surface area (Å²) < 4.78 is 5.06. The zero-order valence-electron chi connectivity index (χ0n) is 11.8. The maximum absolute atomic E-state index is 11.9. The zero-order chi connectivity index (χ0) is 15.2. The summed E-state index contributed by atoms with van der Waals surface area (Å²) in [5.74, 6) is -0.120. The van der Waals surface area contributed by atoms with Gasteiger partial charge in [-0.25, -0.2) is 4.79 Å². The molecule has 108 valence electrons. The van der Waals surface area contributed by atoms with Crippen molar-refractivity contribution in [1.82, 2.24) is 0 Å². The molecular formula is C18H18O3. The number of hydrogen-bond acceptors (Lipinski definition) is 3. The van der Waals surface area contributed by atoms with Gasteiger partial charge in [0.05, 0.1) is 5.57 Å². The van der Waals surface area contributed by atoms with E-state index in [1.165, 1.54) is 6.08 Å². The van der Waals surface area contributed by atoms with Crippen LogP contribution >= 0.6 is 0 Å². The maximum Gasteiger partial charge on any atom is 0.338 e. The molecular weight excluding hydrogens is 264 g/mol. The van der Waals surface area contributed by atoms with Gasteiger partial charge in [-0.3, -0.25) is 0 Å². The zero-order valence-corrected chi connectivity index (χ0v) is 11.8. The number of benzene rings is 1. The topological polar surface area (TPSA) is 46.5 Å². The Bertz CT molecular complexity index is 636. The van der Waals surface area contributed by atoms with E-state index in [4.69, 9.17) is 4.74 Å². The third-order valence-corrected chi connectivity index (χ3v) is 3.29. The summed E-state index contributed by atoms with van der Waals surface area (Å²) in [5, 5.41) is 9.99. The van der Waals surface area contributed by atoms with Crippen molar-refractivity contribution in [3.8, 4) is 5.75 Å². The second-order valence-corrected chi connectivity index (χ2v) is 4.72. The van der Waals surface area contributed by atoms with Gasteiger partial charge in [-0.2, -0.15) is 0 Å². The van der Waals surface area contributed by atoms with Crippen molar-refractivity contribution < 1.29 is 14.6 Å². The first-order valence-electron chi connectivity index (χ1n) is 6.78. The molecule has 0 heterocycles. The third-order valence-electron chi connectivity index (χ3n) is 3.29. The highest BCUT2D eigenvalue weighted by Crippen LogP contribution is 2.29. The first kappa shape index (κ1) is 14.9. The van der Waals surface area contributed by atoms with E-state index in [0.29, 0.717) is 18.4 Å². The number of aromatic hydroxyl groups is 1. The number of esters is 1. The maximum atomic E-state index is 11.9. The van der Waals surface area contributed by atoms with E-state index >= 15 is 0 Å². The summed E-state index contributed by atoms with van der Waals surface area (Å²) in [6.07, 6.45) is 9.98. The minimum absolute atomic E-state index is 0.189. The van der Waals surface area contributed by atoms with Crippen molar-refractivity contribution in [2.45, 2.75) is 12.8 Å². The standard InChI is InChI=1S/C18H18O3/c1-3-6-16-15-8-5-7-14(18(20)21-11-4-2)12-13(15)9-10-17(16)19/h3-5,7,9-10,12,19H,1-2,6,8,11H2. The first-order valence-corrected chi connectivity index (χ1v) is 6.78. The lowest BCUT2D eigenvalue weighted by atomic mass is 9.95. The molecule has 0 aliphatic heterocycles. The van der Waals surface area contributed by atoms with Crippen molar-refractivity contribution in [3.05, 3.63) is 71.9 Å². The van der Waals surface area contributed by atoms with Crippen LogP contribution in [0.25, 0.3) is 6.08 Å². The van der Waals surface area contributed by atoms with Gasteiger partial charge in [0.2, 0.25) is 0 Å². The van der Waals surface area contributed by atoms with Gasteiger partial charge in [0.15, 0.2) is 0 Å². The molecule has 1 aromatic rings. The van der Waals surface area contributed by atoms with Gasteiger partial charge in [-0.05, 0) is 36.1 Å². The van der Waals surface area contributed by atoms with E-state index in [-0.39, 0.29) is 18.3 Å². The van der Waals surface area contributed by atoms with Gasteiger partial charge in [0, 0.05) is 5.56 Å². The molecule has 0 aromatic heterocycles. The summed E-state index contributed by atoms with van der Waals surface area (Å²) in [7, 11) is 0. The molecule has 0 amide bonds. The molecule has 2 rings (SSSR count). The van der Waals surface area contributed by atoms with Crippen LogP contribution in [0.15, 0.2) is 55.2 Å². The quantitative estimate of drug-likeness (QED) is 0.665. The second-order valence-electron chi connectivity index (χ2n) is 4.72. The first-order chi connectivity index (χ1) is 10.2. The number of hydrogen-bond donors (Lipinski definition) is 1. The minimum Gasteiger partial charge on any atom is -0.508 e. The number of phenols is 1. The Hall–Kier alpha value is -2.55. The molecule has 3 nitrogen and oxygen atoms in total. The van der Waals surface area contributed by atoms with E-state index in [9.17, 15) is 9.90 Å². The normalized spacial score (nSPS) is 12.9. The van der Waals surface area contributed by atoms with Gasteiger partial charge in [-0.1, -0.05) is 36.9 Å². The Labute approximate surface area is 124 Å². The molecule has 1 aromatic carbocycles. The van der Waals surface area contributed by atoms with Gasteiger partial charge in [0.25, 0.3) is 0 Å². The lowest BCUT2D eigenvalue weighted by Gasteiger charge is -2.11. The van der Waals surface area contributed by atoms with Crippen molar-refractivity contribution in [3.63, 3.8) is 0 Å². The molecule has 0 fully saturated rings. The lowest BCUT2D eigenvalue weighted by Crippen LogP contribution is -2.06. The Kier molecular flexibility index (Phi) is 4.77. The third kappa shape index (κ3) is 3.31. The van der Waals surface area contributed by atoms with Gasteiger partial charge < -0.3 is 9.84 Å². The van der Waals surface area contributed by atoms with Crippen LogP contribution in [-0.2, 0) is 22.4 Å². The highest BCUT2D eigenvalue weighted by Gasteiger charge is 2.15. The Morgan fingerprint density at radius 1 is 1.33 bits per heavy atom. The van der Waals surface area contributed by atoms with Crippen LogP contribution in [0.4, 0.5) is 0 Å². The fourth-order valence-corrected chi connectivity index (χ4v) is 2.31. The summed E-state index contributed by atoms with van der Waals surface area (Å²) >= 11 is 0. The van der Waals surface area contributed by atoms with E-state index in [1.54, 1.807) is 24.3 Å². The number of fused-ring (bicyclic) bond motifs is 1. The highest BCUT2D eigenvalue weighted by molar-refractivity contribution is 5.97. The van der Waals surface area contributed by atoms with Crippen LogP contribution in [0.1, 0.15) is 16.7 Å². The molecule has 3 heteroatoms. The van der Waals surface area contributed by atoms with Crippen molar-refractivity contribution in [2.75, 3.05) is 6.61 Å². The molecule has 0 unspecified atom stereocenters.